The van der Waals surface area contributed by atoms with Crippen molar-refractivity contribution in [3.63, 3.8) is 0 Å². The lowest BCUT2D eigenvalue weighted by atomic mass is 10.0. The van der Waals surface area contributed by atoms with Crippen molar-refractivity contribution in [3.05, 3.63) is 35.4 Å². The Bertz CT molecular complexity index is 459. The van der Waals surface area contributed by atoms with E-state index in [0.717, 1.165) is 12.1 Å². The van der Waals surface area contributed by atoms with Crippen molar-refractivity contribution in [1.82, 2.24) is 10.2 Å². The molecular weight excluding hydrogens is 261 g/mol. The number of carboxylic acid groups (broad SMARTS) is 1. The second kappa shape index (κ2) is 5.08. The van der Waals surface area contributed by atoms with Gasteiger partial charge in [0.25, 0.3) is 0 Å². The van der Waals surface area contributed by atoms with Gasteiger partial charge in [0, 0.05) is 19.6 Å². The van der Waals surface area contributed by atoms with Gasteiger partial charge in [0.1, 0.15) is 0 Å². The summed E-state index contributed by atoms with van der Waals surface area (Å²) in [6.45, 7) is 1.27. The molecule has 0 aliphatic carbocycles. The maximum atomic E-state index is 12.4. The number of alkyl halides is 3. The third-order valence-corrected chi connectivity index (χ3v) is 3.11. The minimum absolute atomic E-state index is 0.320. The van der Waals surface area contributed by atoms with E-state index in [9.17, 15) is 18.0 Å². The maximum Gasteiger partial charge on any atom is 0.416 e. The van der Waals surface area contributed by atoms with Gasteiger partial charge in [-0.05, 0) is 17.7 Å². The first kappa shape index (κ1) is 13.7. The number of hydrogen-bond donors (Lipinski definition) is 2. The standard InChI is InChI=1S/C12H13F3N2O2/c13-12(14,15)9-3-1-8(2-4-9)10-7-16-5-6-17(10)11(18)19/h1-4,10,16H,5-7H2,(H,18,19). The fourth-order valence-electron chi connectivity index (χ4n) is 2.13. The van der Waals surface area contributed by atoms with Crippen LogP contribution in [0.1, 0.15) is 17.2 Å². The second-order valence-corrected chi connectivity index (χ2v) is 4.32. The van der Waals surface area contributed by atoms with Crippen molar-refractivity contribution in [2.24, 2.45) is 0 Å². The molecule has 4 nitrogen and oxygen atoms in total. The van der Waals surface area contributed by atoms with E-state index in [4.69, 9.17) is 5.11 Å². The molecule has 0 saturated carbocycles. The quantitative estimate of drug-likeness (QED) is 0.826. The average Bonchev–Trinajstić information content (AvgIpc) is 2.38. The molecule has 1 amide bonds. The summed E-state index contributed by atoms with van der Waals surface area (Å²) in [5, 5.41) is 12.1. The number of nitrogens with one attached hydrogen (secondary N) is 1. The third-order valence-electron chi connectivity index (χ3n) is 3.11. The van der Waals surface area contributed by atoms with E-state index in [1.807, 2.05) is 0 Å². The van der Waals surface area contributed by atoms with Gasteiger partial charge in [-0.25, -0.2) is 4.79 Å². The lowest BCUT2D eigenvalue weighted by Gasteiger charge is -2.34. The Kier molecular flexibility index (Phi) is 3.66. The van der Waals surface area contributed by atoms with Crippen LogP contribution in [0.4, 0.5) is 18.0 Å². The molecule has 19 heavy (non-hydrogen) atoms. The third kappa shape index (κ3) is 2.98. The molecule has 1 heterocycles. The lowest BCUT2D eigenvalue weighted by Crippen LogP contribution is -2.48. The van der Waals surface area contributed by atoms with E-state index in [2.05, 4.69) is 5.32 Å². The Hall–Kier alpha value is -1.76. The van der Waals surface area contributed by atoms with Crippen molar-refractivity contribution in [1.29, 1.82) is 0 Å². The molecule has 7 heteroatoms. The number of rotatable bonds is 1. The Labute approximate surface area is 107 Å². The minimum atomic E-state index is -4.38. The Morgan fingerprint density at radius 2 is 1.95 bits per heavy atom. The van der Waals surface area contributed by atoms with E-state index in [1.54, 1.807) is 0 Å². The zero-order valence-corrected chi connectivity index (χ0v) is 9.94. The zero-order valence-electron chi connectivity index (χ0n) is 9.94. The van der Waals surface area contributed by atoms with Gasteiger partial charge in [0.2, 0.25) is 0 Å². The second-order valence-electron chi connectivity index (χ2n) is 4.32. The van der Waals surface area contributed by atoms with E-state index in [1.165, 1.54) is 17.0 Å². The fourth-order valence-corrected chi connectivity index (χ4v) is 2.13. The van der Waals surface area contributed by atoms with Gasteiger partial charge >= 0.3 is 12.3 Å². The highest BCUT2D eigenvalue weighted by Crippen LogP contribution is 2.31. The highest BCUT2D eigenvalue weighted by Gasteiger charge is 2.31. The Balaban J connectivity index is 2.23. The highest BCUT2D eigenvalue weighted by molar-refractivity contribution is 5.66. The molecule has 1 aliphatic heterocycles. The normalized spacial score (nSPS) is 20.4. The predicted octanol–water partition coefficient (Wildman–Crippen LogP) is 2.33. The predicted molar refractivity (Wildman–Crippen MR) is 61.8 cm³/mol. The molecule has 1 atom stereocenters. The zero-order chi connectivity index (χ0) is 14.0. The van der Waals surface area contributed by atoms with Crippen molar-refractivity contribution in [3.8, 4) is 0 Å². The van der Waals surface area contributed by atoms with Crippen LogP contribution >= 0.6 is 0 Å². The van der Waals surface area contributed by atoms with Crippen molar-refractivity contribution < 1.29 is 23.1 Å². The molecule has 1 aliphatic rings. The first-order chi connectivity index (χ1) is 8.89. The van der Waals surface area contributed by atoms with Gasteiger partial charge in [0.05, 0.1) is 11.6 Å². The van der Waals surface area contributed by atoms with E-state index in [-0.39, 0.29) is 0 Å². The molecule has 0 bridgehead atoms. The SMILES string of the molecule is O=C(O)N1CCNCC1c1ccc(C(F)(F)F)cc1. The number of carbonyl (C=O) groups is 1. The van der Waals surface area contributed by atoms with Crippen molar-refractivity contribution >= 4 is 6.09 Å². The van der Waals surface area contributed by atoms with Crippen LogP contribution in [0.2, 0.25) is 0 Å². The van der Waals surface area contributed by atoms with Crippen LogP contribution in [0.3, 0.4) is 0 Å². The number of nitrogens with zero attached hydrogens (tertiary/aromatic N) is 1. The van der Waals surface area contributed by atoms with Gasteiger partial charge in [-0.15, -0.1) is 0 Å². The average molecular weight is 274 g/mol. The molecule has 1 aromatic rings. The number of hydrogen-bond acceptors (Lipinski definition) is 2. The number of benzene rings is 1. The molecule has 1 saturated heterocycles. The van der Waals surface area contributed by atoms with Crippen LogP contribution in [0.25, 0.3) is 0 Å². The Morgan fingerprint density at radius 3 is 2.47 bits per heavy atom. The van der Waals surface area contributed by atoms with Gasteiger partial charge in [-0.3, -0.25) is 4.90 Å². The van der Waals surface area contributed by atoms with Crippen LogP contribution in [0, 0.1) is 0 Å². The van der Waals surface area contributed by atoms with Crippen LogP contribution in [-0.2, 0) is 6.18 Å². The number of halogens is 3. The molecule has 0 aromatic heterocycles. The summed E-state index contributed by atoms with van der Waals surface area (Å²) in [7, 11) is 0. The molecule has 2 N–H and O–H groups in total. The summed E-state index contributed by atoms with van der Waals surface area (Å²) in [6.07, 6.45) is -5.44. The van der Waals surface area contributed by atoms with E-state index < -0.39 is 23.9 Å². The largest absolute Gasteiger partial charge is 0.465 e. The van der Waals surface area contributed by atoms with Gasteiger partial charge in [-0.2, -0.15) is 13.2 Å². The first-order valence-corrected chi connectivity index (χ1v) is 5.77. The topological polar surface area (TPSA) is 52.6 Å². The Morgan fingerprint density at radius 1 is 1.32 bits per heavy atom. The molecule has 1 unspecified atom stereocenters. The molecule has 0 radical (unpaired) electrons. The molecule has 104 valence electrons. The van der Waals surface area contributed by atoms with Crippen molar-refractivity contribution in [2.45, 2.75) is 12.2 Å². The van der Waals surface area contributed by atoms with Gasteiger partial charge in [0.15, 0.2) is 0 Å². The fraction of sp³-hybridized carbons (Fsp3) is 0.417. The van der Waals surface area contributed by atoms with Crippen LogP contribution in [-0.4, -0.2) is 35.7 Å². The van der Waals surface area contributed by atoms with Crippen molar-refractivity contribution in [2.75, 3.05) is 19.6 Å². The summed E-state index contributed by atoms with van der Waals surface area (Å²) >= 11 is 0. The maximum absolute atomic E-state index is 12.4. The number of piperazine rings is 1. The van der Waals surface area contributed by atoms with Crippen LogP contribution in [0.5, 0.6) is 0 Å². The number of amides is 1. The van der Waals surface area contributed by atoms with E-state index >= 15 is 0 Å². The van der Waals surface area contributed by atoms with Crippen LogP contribution in [0.15, 0.2) is 24.3 Å². The van der Waals surface area contributed by atoms with Gasteiger partial charge in [-0.1, -0.05) is 12.1 Å². The van der Waals surface area contributed by atoms with E-state index in [0.29, 0.717) is 25.2 Å². The van der Waals surface area contributed by atoms with Crippen LogP contribution < -0.4 is 5.32 Å². The smallest absolute Gasteiger partial charge is 0.416 e. The minimum Gasteiger partial charge on any atom is -0.465 e. The highest BCUT2D eigenvalue weighted by atomic mass is 19.4. The molecular formula is C12H13F3N2O2. The summed E-state index contributed by atoms with van der Waals surface area (Å²) < 4.78 is 37.3. The summed E-state index contributed by atoms with van der Waals surface area (Å²) in [6, 6.07) is 4.16. The molecule has 1 fully saturated rings. The van der Waals surface area contributed by atoms with Gasteiger partial charge < -0.3 is 10.4 Å². The molecule has 0 spiro atoms. The summed E-state index contributed by atoms with van der Waals surface area (Å²) in [5.41, 5.74) is -0.176. The monoisotopic (exact) mass is 274 g/mol. The summed E-state index contributed by atoms with van der Waals surface area (Å²) in [4.78, 5) is 12.3. The lowest BCUT2D eigenvalue weighted by molar-refractivity contribution is -0.137. The first-order valence-electron chi connectivity index (χ1n) is 5.77. The summed E-state index contributed by atoms with van der Waals surface area (Å²) in [5.74, 6) is 0. The molecule has 2 rings (SSSR count). The molecule has 1 aromatic carbocycles.